The first-order chi connectivity index (χ1) is 14.2. The van der Waals surface area contributed by atoms with E-state index in [-0.39, 0.29) is 0 Å². The second kappa shape index (κ2) is 8.42. The molecule has 1 saturated carbocycles. The highest BCUT2D eigenvalue weighted by Crippen LogP contribution is 2.64. The zero-order chi connectivity index (χ0) is 21.7. The Labute approximate surface area is 187 Å². The van der Waals surface area contributed by atoms with Crippen molar-refractivity contribution in [2.75, 3.05) is 7.11 Å². The molecule has 0 spiro atoms. The van der Waals surface area contributed by atoms with Crippen LogP contribution in [0.3, 0.4) is 0 Å². The molecule has 0 radical (unpaired) electrons. The van der Waals surface area contributed by atoms with Crippen LogP contribution >= 0.6 is 0 Å². The lowest BCUT2D eigenvalue weighted by Gasteiger charge is -2.54. The standard InChI is InChI=1S/C29H48O/c1-19(2)20(3)8-9-21(4)25-12-13-26-24-11-10-22-18-23(30-7)14-16-28(22,5)27(24)15-17-29(25,26)6/h13,19-23,25H,8-12,14-18H2,1-7H3/t20-,21-,22?,23+,25-,28+,29-/m1/s1. The Hall–Kier alpha value is -0.560. The zero-order valence-electron chi connectivity index (χ0n) is 21.0. The quantitative estimate of drug-likeness (QED) is 0.426. The number of hydrogen-bond donors (Lipinski definition) is 0. The van der Waals surface area contributed by atoms with Crippen LogP contribution in [0.4, 0.5) is 0 Å². The number of methoxy groups -OCH3 is 1. The van der Waals surface area contributed by atoms with Crippen LogP contribution in [0.1, 0.15) is 106 Å². The number of rotatable bonds is 6. The van der Waals surface area contributed by atoms with Crippen LogP contribution in [0.5, 0.6) is 0 Å². The second-order valence-corrected chi connectivity index (χ2v) is 12.4. The summed E-state index contributed by atoms with van der Waals surface area (Å²) in [5, 5.41) is 0. The molecule has 0 saturated heterocycles. The summed E-state index contributed by atoms with van der Waals surface area (Å²) in [5.74, 6) is 4.21. The number of allylic oxidation sites excluding steroid dienone is 4. The van der Waals surface area contributed by atoms with E-state index in [0.29, 0.717) is 16.9 Å². The maximum Gasteiger partial charge on any atom is 0.0574 e. The number of fused-ring (bicyclic) bond motifs is 4. The average Bonchev–Trinajstić information content (AvgIpc) is 3.08. The van der Waals surface area contributed by atoms with Crippen molar-refractivity contribution in [3.63, 3.8) is 0 Å². The van der Waals surface area contributed by atoms with Gasteiger partial charge in [0.05, 0.1) is 6.10 Å². The first-order valence-electron chi connectivity index (χ1n) is 13.2. The Kier molecular flexibility index (Phi) is 6.35. The third kappa shape index (κ3) is 3.66. The minimum atomic E-state index is 0.437. The predicted molar refractivity (Wildman–Crippen MR) is 128 cm³/mol. The highest BCUT2D eigenvalue weighted by Gasteiger charge is 2.53. The maximum atomic E-state index is 5.77. The van der Waals surface area contributed by atoms with E-state index in [1.807, 2.05) is 18.3 Å². The molecule has 0 bridgehead atoms. The third-order valence-electron chi connectivity index (χ3n) is 10.7. The van der Waals surface area contributed by atoms with Gasteiger partial charge in [-0.1, -0.05) is 66.0 Å². The molecule has 1 heteroatoms. The Morgan fingerprint density at radius 1 is 1.00 bits per heavy atom. The molecule has 0 heterocycles. The molecule has 1 unspecified atom stereocenters. The van der Waals surface area contributed by atoms with Crippen molar-refractivity contribution in [2.45, 2.75) is 112 Å². The van der Waals surface area contributed by atoms with Crippen molar-refractivity contribution in [3.05, 3.63) is 22.8 Å². The topological polar surface area (TPSA) is 9.23 Å². The lowest BCUT2D eigenvalue weighted by atomic mass is 9.51. The average molecular weight is 413 g/mol. The summed E-state index contributed by atoms with van der Waals surface area (Å²) < 4.78 is 5.77. The largest absolute Gasteiger partial charge is 0.381 e. The zero-order valence-corrected chi connectivity index (χ0v) is 21.0. The summed E-state index contributed by atoms with van der Waals surface area (Å²) in [6, 6.07) is 0. The van der Waals surface area contributed by atoms with Crippen LogP contribution < -0.4 is 0 Å². The molecule has 0 aromatic rings. The number of ether oxygens (including phenoxy) is 1. The smallest absolute Gasteiger partial charge is 0.0574 e. The van der Waals surface area contributed by atoms with Crippen molar-refractivity contribution in [3.8, 4) is 0 Å². The maximum absolute atomic E-state index is 5.77. The summed E-state index contributed by atoms with van der Waals surface area (Å²) >= 11 is 0. The summed E-state index contributed by atoms with van der Waals surface area (Å²) in [4.78, 5) is 0. The minimum Gasteiger partial charge on any atom is -0.381 e. The molecule has 0 amide bonds. The normalized spacial score (nSPS) is 40.5. The molecule has 0 aromatic heterocycles. The van der Waals surface area contributed by atoms with Gasteiger partial charge in [-0.15, -0.1) is 0 Å². The molecule has 0 N–H and O–H groups in total. The van der Waals surface area contributed by atoms with Crippen molar-refractivity contribution in [1.82, 2.24) is 0 Å². The number of hydrogen-bond acceptors (Lipinski definition) is 1. The van der Waals surface area contributed by atoms with Crippen LogP contribution in [-0.2, 0) is 4.74 Å². The van der Waals surface area contributed by atoms with E-state index in [1.165, 1.54) is 64.2 Å². The molecule has 1 nitrogen and oxygen atoms in total. The second-order valence-electron chi connectivity index (χ2n) is 12.4. The molecule has 0 aliphatic heterocycles. The fourth-order valence-electron chi connectivity index (χ4n) is 7.99. The highest BCUT2D eigenvalue weighted by atomic mass is 16.5. The van der Waals surface area contributed by atoms with E-state index in [1.54, 1.807) is 5.57 Å². The van der Waals surface area contributed by atoms with Gasteiger partial charge in [-0.3, -0.25) is 0 Å². The SMILES string of the molecule is CO[C@H]1CC[C@]2(C)C3=C(CCC2C1)C1=CC[C@H]([C@H](C)CC[C@@H](C)C(C)C)[C@@]1(C)CC3. The van der Waals surface area contributed by atoms with E-state index in [4.69, 9.17) is 4.74 Å². The molecular formula is C29H48O. The fourth-order valence-corrected chi connectivity index (χ4v) is 7.99. The first kappa shape index (κ1) is 22.6. The molecule has 4 aliphatic carbocycles. The lowest BCUT2D eigenvalue weighted by Crippen LogP contribution is -2.44. The van der Waals surface area contributed by atoms with Gasteiger partial charge in [0.2, 0.25) is 0 Å². The molecular weight excluding hydrogens is 364 g/mol. The summed E-state index contributed by atoms with van der Waals surface area (Å²) in [6.45, 7) is 15.0. The van der Waals surface area contributed by atoms with Gasteiger partial charge in [-0.25, -0.2) is 0 Å². The van der Waals surface area contributed by atoms with E-state index >= 15 is 0 Å². The van der Waals surface area contributed by atoms with Crippen molar-refractivity contribution in [2.24, 2.45) is 40.4 Å². The van der Waals surface area contributed by atoms with Gasteiger partial charge in [-0.2, -0.15) is 0 Å². The third-order valence-corrected chi connectivity index (χ3v) is 10.7. The van der Waals surface area contributed by atoms with Crippen LogP contribution in [0.15, 0.2) is 22.8 Å². The Morgan fingerprint density at radius 2 is 1.77 bits per heavy atom. The van der Waals surface area contributed by atoms with E-state index in [0.717, 1.165) is 29.6 Å². The highest BCUT2D eigenvalue weighted by molar-refractivity contribution is 5.49. The van der Waals surface area contributed by atoms with Crippen LogP contribution in [0.2, 0.25) is 0 Å². The van der Waals surface area contributed by atoms with Gasteiger partial charge in [-0.05, 0) is 103 Å². The van der Waals surface area contributed by atoms with Crippen LogP contribution in [-0.4, -0.2) is 13.2 Å². The Bertz CT molecular complexity index is 699. The van der Waals surface area contributed by atoms with Crippen molar-refractivity contribution < 1.29 is 4.74 Å². The van der Waals surface area contributed by atoms with Crippen LogP contribution in [0, 0.1) is 40.4 Å². The molecule has 170 valence electrons. The molecule has 4 rings (SSSR count). The van der Waals surface area contributed by atoms with Gasteiger partial charge < -0.3 is 4.74 Å². The van der Waals surface area contributed by atoms with Gasteiger partial charge in [0.25, 0.3) is 0 Å². The summed E-state index contributed by atoms with van der Waals surface area (Å²) in [5.41, 5.74) is 6.38. The van der Waals surface area contributed by atoms with Gasteiger partial charge >= 0.3 is 0 Å². The molecule has 4 aliphatic rings. The van der Waals surface area contributed by atoms with Crippen LogP contribution in [0.25, 0.3) is 0 Å². The van der Waals surface area contributed by atoms with Gasteiger partial charge in [0.15, 0.2) is 0 Å². The van der Waals surface area contributed by atoms with Gasteiger partial charge in [0.1, 0.15) is 0 Å². The van der Waals surface area contributed by atoms with Gasteiger partial charge in [0, 0.05) is 7.11 Å². The molecule has 1 fully saturated rings. The van der Waals surface area contributed by atoms with E-state index in [9.17, 15) is 0 Å². The fraction of sp³-hybridized carbons (Fsp3) is 0.862. The van der Waals surface area contributed by atoms with E-state index in [2.05, 4.69) is 47.6 Å². The predicted octanol–water partition coefficient (Wildman–Crippen LogP) is 8.35. The van der Waals surface area contributed by atoms with E-state index < -0.39 is 0 Å². The van der Waals surface area contributed by atoms with Crippen molar-refractivity contribution >= 4 is 0 Å². The lowest BCUT2D eigenvalue weighted by molar-refractivity contribution is -0.00409. The first-order valence-corrected chi connectivity index (χ1v) is 13.2. The Morgan fingerprint density at radius 3 is 2.47 bits per heavy atom. The molecule has 7 atom stereocenters. The summed E-state index contributed by atoms with van der Waals surface area (Å²) in [6.07, 6.45) is 16.7. The summed E-state index contributed by atoms with van der Waals surface area (Å²) in [7, 11) is 1.92. The minimum absolute atomic E-state index is 0.437. The van der Waals surface area contributed by atoms with Crippen molar-refractivity contribution in [1.29, 1.82) is 0 Å². The monoisotopic (exact) mass is 412 g/mol. The Balaban J connectivity index is 1.52. The molecule has 30 heavy (non-hydrogen) atoms. The molecule has 0 aromatic carbocycles.